The maximum atomic E-state index is 9.10. The monoisotopic (exact) mass is 188 g/mol. The lowest BCUT2D eigenvalue weighted by Crippen LogP contribution is -1.85. The number of rotatable bonds is 4. The molecule has 0 radical (unpaired) electrons. The average molecular weight is 188 g/mol. The lowest BCUT2D eigenvalue weighted by atomic mass is 10.1. The third kappa shape index (κ3) is 3.48. The molecule has 1 aromatic rings. The van der Waals surface area contributed by atoms with Gasteiger partial charge in [0.25, 0.3) is 0 Å². The molecule has 0 aliphatic heterocycles. The van der Waals surface area contributed by atoms with Crippen molar-refractivity contribution in [3.63, 3.8) is 0 Å². The second-order valence-corrected chi connectivity index (χ2v) is 3.42. The number of aromatic hydroxyl groups is 1. The summed E-state index contributed by atoms with van der Waals surface area (Å²) in [7, 11) is 0. The molecule has 0 aliphatic carbocycles. The van der Waals surface area contributed by atoms with Crippen LogP contribution in [0.3, 0.4) is 0 Å². The summed E-state index contributed by atoms with van der Waals surface area (Å²) in [5.74, 6) is 0.321. The molecule has 0 saturated heterocycles. The van der Waals surface area contributed by atoms with Crippen LogP contribution in [0, 0.1) is 0 Å². The molecule has 1 aromatic carbocycles. The van der Waals surface area contributed by atoms with Crippen LogP contribution in [-0.4, -0.2) is 5.11 Å². The Kier molecular flexibility index (Phi) is 3.99. The molecule has 1 heteroatoms. The van der Waals surface area contributed by atoms with Gasteiger partial charge >= 0.3 is 0 Å². The Labute approximate surface area is 85.4 Å². The van der Waals surface area contributed by atoms with Gasteiger partial charge in [0.2, 0.25) is 0 Å². The molecule has 0 saturated carbocycles. The van der Waals surface area contributed by atoms with E-state index in [-0.39, 0.29) is 0 Å². The van der Waals surface area contributed by atoms with Gasteiger partial charge in [-0.25, -0.2) is 0 Å². The van der Waals surface area contributed by atoms with E-state index in [9.17, 15) is 0 Å². The van der Waals surface area contributed by atoms with Gasteiger partial charge in [-0.15, -0.1) is 6.58 Å². The summed E-state index contributed by atoms with van der Waals surface area (Å²) in [6.45, 7) is 5.78. The molecule has 0 heterocycles. The zero-order chi connectivity index (χ0) is 10.4. The van der Waals surface area contributed by atoms with Crippen LogP contribution in [0.15, 0.2) is 48.6 Å². The third-order valence-corrected chi connectivity index (χ3v) is 2.05. The van der Waals surface area contributed by atoms with Gasteiger partial charge in [-0.1, -0.05) is 29.9 Å². The lowest BCUT2D eigenvalue weighted by molar-refractivity contribution is 0.475. The molecular weight excluding hydrogens is 172 g/mol. The molecule has 74 valence electrons. The number of phenolic OH excluding ortho intramolecular Hbond substituents is 1. The first-order chi connectivity index (χ1) is 6.72. The van der Waals surface area contributed by atoms with Crippen LogP contribution in [0.5, 0.6) is 5.75 Å². The molecule has 0 amide bonds. The summed E-state index contributed by atoms with van der Waals surface area (Å²) >= 11 is 0. The van der Waals surface area contributed by atoms with Gasteiger partial charge in [0, 0.05) is 0 Å². The summed E-state index contributed by atoms with van der Waals surface area (Å²) in [6, 6.07) is 7.33. The van der Waals surface area contributed by atoms with Crippen molar-refractivity contribution in [3.05, 3.63) is 54.1 Å². The van der Waals surface area contributed by atoms with Crippen molar-refractivity contribution in [1.82, 2.24) is 0 Å². The van der Waals surface area contributed by atoms with Crippen molar-refractivity contribution in [1.29, 1.82) is 0 Å². The van der Waals surface area contributed by atoms with E-state index in [1.54, 1.807) is 12.1 Å². The Balaban J connectivity index is 2.60. The van der Waals surface area contributed by atoms with Crippen molar-refractivity contribution >= 4 is 0 Å². The minimum absolute atomic E-state index is 0.321. The van der Waals surface area contributed by atoms with Gasteiger partial charge in [-0.3, -0.25) is 0 Å². The van der Waals surface area contributed by atoms with E-state index in [2.05, 4.69) is 19.6 Å². The molecule has 0 aromatic heterocycles. The van der Waals surface area contributed by atoms with Crippen LogP contribution >= 0.6 is 0 Å². The van der Waals surface area contributed by atoms with Crippen molar-refractivity contribution in [2.45, 2.75) is 19.8 Å². The van der Waals surface area contributed by atoms with Crippen LogP contribution in [0.1, 0.15) is 18.9 Å². The number of phenols is 1. The van der Waals surface area contributed by atoms with Gasteiger partial charge in [0.05, 0.1) is 0 Å². The van der Waals surface area contributed by atoms with Gasteiger partial charge in [-0.05, 0) is 37.5 Å². The first-order valence-electron chi connectivity index (χ1n) is 4.77. The Bertz CT molecular complexity index is 320. The number of hydrogen-bond donors (Lipinski definition) is 1. The fraction of sp³-hybridized carbons (Fsp3) is 0.231. The number of benzene rings is 1. The Hall–Kier alpha value is -1.50. The third-order valence-electron chi connectivity index (χ3n) is 2.05. The summed E-state index contributed by atoms with van der Waals surface area (Å²) in [5.41, 5.74) is 2.55. The molecular formula is C13H16O. The quantitative estimate of drug-likeness (QED) is 0.717. The van der Waals surface area contributed by atoms with Crippen molar-refractivity contribution in [2.75, 3.05) is 0 Å². The molecule has 1 nitrogen and oxygen atoms in total. The van der Waals surface area contributed by atoms with E-state index < -0.39 is 0 Å². The zero-order valence-electron chi connectivity index (χ0n) is 8.53. The van der Waals surface area contributed by atoms with Gasteiger partial charge < -0.3 is 5.11 Å². The summed E-state index contributed by atoms with van der Waals surface area (Å²) in [5, 5.41) is 9.10. The molecule has 1 N–H and O–H groups in total. The average Bonchev–Trinajstić information content (AvgIpc) is 2.18. The molecule has 1 rings (SSSR count). The van der Waals surface area contributed by atoms with Crippen molar-refractivity contribution < 1.29 is 5.11 Å². The molecule has 14 heavy (non-hydrogen) atoms. The smallest absolute Gasteiger partial charge is 0.115 e. The first kappa shape index (κ1) is 10.6. The molecule has 0 unspecified atom stereocenters. The highest BCUT2D eigenvalue weighted by Gasteiger charge is 1.94. The second-order valence-electron chi connectivity index (χ2n) is 3.42. The minimum atomic E-state index is 0.321. The predicted molar refractivity (Wildman–Crippen MR) is 60.4 cm³/mol. The van der Waals surface area contributed by atoms with Gasteiger partial charge in [0.15, 0.2) is 0 Å². The van der Waals surface area contributed by atoms with Crippen LogP contribution in [0.4, 0.5) is 0 Å². The van der Waals surface area contributed by atoms with Crippen molar-refractivity contribution in [2.24, 2.45) is 0 Å². The maximum Gasteiger partial charge on any atom is 0.115 e. The molecule has 0 aliphatic rings. The first-order valence-corrected chi connectivity index (χ1v) is 4.77. The van der Waals surface area contributed by atoms with E-state index in [0.29, 0.717) is 5.75 Å². The predicted octanol–water partition coefficient (Wildman–Crippen LogP) is 3.46. The van der Waals surface area contributed by atoms with Crippen LogP contribution in [-0.2, 0) is 6.42 Å². The van der Waals surface area contributed by atoms with Gasteiger partial charge in [-0.2, -0.15) is 0 Å². The van der Waals surface area contributed by atoms with E-state index in [4.69, 9.17) is 5.11 Å². The highest BCUT2D eigenvalue weighted by Crippen LogP contribution is 2.13. The standard InChI is InChI=1S/C13H16O/c1-3-4-5-11(2)10-12-6-8-13(14)9-7-12/h3,5-9,14H,1,4,10H2,2H3/b11-5-. The topological polar surface area (TPSA) is 20.2 Å². The molecule has 0 fully saturated rings. The molecule has 0 bridgehead atoms. The van der Waals surface area contributed by atoms with E-state index in [1.165, 1.54) is 11.1 Å². The highest BCUT2D eigenvalue weighted by atomic mass is 16.3. The lowest BCUT2D eigenvalue weighted by Gasteiger charge is -2.01. The summed E-state index contributed by atoms with van der Waals surface area (Å²) in [4.78, 5) is 0. The Morgan fingerprint density at radius 1 is 1.36 bits per heavy atom. The van der Waals surface area contributed by atoms with E-state index in [1.807, 2.05) is 18.2 Å². The van der Waals surface area contributed by atoms with E-state index >= 15 is 0 Å². The fourth-order valence-corrected chi connectivity index (χ4v) is 1.29. The molecule has 0 atom stereocenters. The summed E-state index contributed by atoms with van der Waals surface area (Å²) < 4.78 is 0. The van der Waals surface area contributed by atoms with Crippen molar-refractivity contribution in [3.8, 4) is 5.75 Å². The Morgan fingerprint density at radius 2 is 2.00 bits per heavy atom. The highest BCUT2D eigenvalue weighted by molar-refractivity contribution is 5.28. The summed E-state index contributed by atoms with van der Waals surface area (Å²) in [6.07, 6.45) is 5.91. The van der Waals surface area contributed by atoms with Crippen LogP contribution in [0.25, 0.3) is 0 Å². The SMILES string of the molecule is C=CC/C=C(/C)Cc1ccc(O)cc1. The maximum absolute atomic E-state index is 9.10. The normalized spacial score (nSPS) is 11.4. The number of allylic oxidation sites excluding steroid dienone is 3. The second kappa shape index (κ2) is 5.28. The largest absolute Gasteiger partial charge is 0.508 e. The zero-order valence-corrected chi connectivity index (χ0v) is 8.53. The van der Waals surface area contributed by atoms with Crippen LogP contribution in [0.2, 0.25) is 0 Å². The minimum Gasteiger partial charge on any atom is -0.508 e. The molecule has 0 spiro atoms. The number of hydrogen-bond acceptors (Lipinski definition) is 1. The Morgan fingerprint density at radius 3 is 2.57 bits per heavy atom. The van der Waals surface area contributed by atoms with E-state index in [0.717, 1.165) is 12.8 Å². The van der Waals surface area contributed by atoms with Crippen LogP contribution < -0.4 is 0 Å². The fourth-order valence-electron chi connectivity index (χ4n) is 1.29. The van der Waals surface area contributed by atoms with Gasteiger partial charge in [0.1, 0.15) is 5.75 Å².